The van der Waals surface area contributed by atoms with Crippen LogP contribution in [0.1, 0.15) is 17.7 Å². The zero-order chi connectivity index (χ0) is 17.3. The number of imidazole rings is 1. The first-order chi connectivity index (χ1) is 12.8. The van der Waals surface area contributed by atoms with Gasteiger partial charge in [-0.3, -0.25) is 14.9 Å². The second-order valence-electron chi connectivity index (χ2n) is 7.15. The standard InChI is InChI=1S/C21H21N5/c1-2-18(26-11-9-24-21(26)3-1)12-17-6-10-25(15-17)14-16-4-5-19-20(13-16)23-8-7-22-19/h1-5,7-9,11,13,17H,6,10,12,14-15H2. The van der Waals surface area contributed by atoms with Gasteiger partial charge in [-0.05, 0) is 55.1 Å². The summed E-state index contributed by atoms with van der Waals surface area (Å²) in [6.45, 7) is 3.28. The third-order valence-corrected chi connectivity index (χ3v) is 5.32. The minimum atomic E-state index is 0.697. The van der Waals surface area contributed by atoms with Gasteiger partial charge in [-0.15, -0.1) is 0 Å². The maximum Gasteiger partial charge on any atom is 0.136 e. The van der Waals surface area contributed by atoms with E-state index in [4.69, 9.17) is 0 Å². The lowest BCUT2D eigenvalue weighted by molar-refractivity contribution is 0.316. The normalized spacial score (nSPS) is 18.1. The summed E-state index contributed by atoms with van der Waals surface area (Å²) < 4.78 is 2.21. The number of pyridine rings is 1. The van der Waals surface area contributed by atoms with Crippen LogP contribution in [0.3, 0.4) is 0 Å². The maximum absolute atomic E-state index is 4.42. The first-order valence-corrected chi connectivity index (χ1v) is 9.18. The minimum absolute atomic E-state index is 0.697. The van der Waals surface area contributed by atoms with Gasteiger partial charge in [0.2, 0.25) is 0 Å². The molecule has 26 heavy (non-hydrogen) atoms. The van der Waals surface area contributed by atoms with Crippen LogP contribution in [0.15, 0.2) is 61.2 Å². The molecule has 130 valence electrons. The first kappa shape index (κ1) is 15.5. The van der Waals surface area contributed by atoms with Gasteiger partial charge in [0.05, 0.1) is 11.0 Å². The van der Waals surface area contributed by atoms with E-state index in [1.54, 1.807) is 12.4 Å². The number of aromatic nitrogens is 4. The molecular formula is C21H21N5. The number of hydrogen-bond acceptors (Lipinski definition) is 4. The van der Waals surface area contributed by atoms with E-state index >= 15 is 0 Å². The number of rotatable bonds is 4. The van der Waals surface area contributed by atoms with Crippen molar-refractivity contribution in [2.75, 3.05) is 13.1 Å². The largest absolute Gasteiger partial charge is 0.304 e. The molecule has 4 aromatic rings. The number of nitrogens with zero attached hydrogens (tertiary/aromatic N) is 5. The van der Waals surface area contributed by atoms with Crippen LogP contribution in [-0.2, 0) is 13.0 Å². The van der Waals surface area contributed by atoms with E-state index in [0.717, 1.165) is 42.7 Å². The van der Waals surface area contributed by atoms with E-state index in [0.29, 0.717) is 5.92 Å². The third-order valence-electron chi connectivity index (χ3n) is 5.32. The van der Waals surface area contributed by atoms with E-state index < -0.39 is 0 Å². The molecule has 0 bridgehead atoms. The molecule has 0 aliphatic carbocycles. The molecule has 1 aromatic carbocycles. The van der Waals surface area contributed by atoms with Gasteiger partial charge in [-0.2, -0.15) is 0 Å². The van der Waals surface area contributed by atoms with Crippen molar-refractivity contribution >= 4 is 16.7 Å². The molecule has 0 spiro atoms. The molecule has 1 atom stereocenters. The van der Waals surface area contributed by atoms with Crippen LogP contribution in [0.25, 0.3) is 16.7 Å². The van der Waals surface area contributed by atoms with Crippen LogP contribution in [0, 0.1) is 5.92 Å². The summed E-state index contributed by atoms with van der Waals surface area (Å²) in [5, 5.41) is 0. The summed E-state index contributed by atoms with van der Waals surface area (Å²) in [6.07, 6.45) is 9.80. The molecule has 0 amide bonds. The molecular weight excluding hydrogens is 322 g/mol. The highest BCUT2D eigenvalue weighted by Gasteiger charge is 2.23. The Morgan fingerprint density at radius 1 is 0.962 bits per heavy atom. The number of likely N-dealkylation sites (tertiary alicyclic amines) is 1. The van der Waals surface area contributed by atoms with Crippen molar-refractivity contribution in [3.63, 3.8) is 0 Å². The highest BCUT2D eigenvalue weighted by atomic mass is 15.1. The van der Waals surface area contributed by atoms with E-state index in [2.05, 4.69) is 66.8 Å². The van der Waals surface area contributed by atoms with Crippen LogP contribution in [0.4, 0.5) is 0 Å². The van der Waals surface area contributed by atoms with Crippen molar-refractivity contribution in [1.82, 2.24) is 24.3 Å². The summed E-state index contributed by atoms with van der Waals surface area (Å²) >= 11 is 0. The summed E-state index contributed by atoms with van der Waals surface area (Å²) in [4.78, 5) is 15.7. The van der Waals surface area contributed by atoms with Crippen molar-refractivity contribution in [2.45, 2.75) is 19.4 Å². The molecule has 5 heteroatoms. The van der Waals surface area contributed by atoms with Crippen LogP contribution >= 0.6 is 0 Å². The highest BCUT2D eigenvalue weighted by Crippen LogP contribution is 2.23. The van der Waals surface area contributed by atoms with Gasteiger partial charge < -0.3 is 4.40 Å². The van der Waals surface area contributed by atoms with Gasteiger partial charge in [0, 0.05) is 43.6 Å². The lowest BCUT2D eigenvalue weighted by atomic mass is 10.0. The van der Waals surface area contributed by atoms with Crippen LogP contribution in [0.2, 0.25) is 0 Å². The monoisotopic (exact) mass is 343 g/mol. The van der Waals surface area contributed by atoms with Gasteiger partial charge in [0.25, 0.3) is 0 Å². The SMILES string of the molecule is c1cc(CC2CCN(Cc3ccc4nccnc4c3)C2)n2ccnc2c1. The molecule has 5 rings (SSSR count). The maximum atomic E-state index is 4.42. The van der Waals surface area contributed by atoms with Gasteiger partial charge in [-0.25, -0.2) is 4.98 Å². The van der Waals surface area contributed by atoms with Gasteiger partial charge in [0.1, 0.15) is 5.65 Å². The Hall–Kier alpha value is -2.79. The zero-order valence-electron chi connectivity index (χ0n) is 14.6. The molecule has 1 aliphatic heterocycles. The lowest BCUT2D eigenvalue weighted by Crippen LogP contribution is -2.21. The Bertz CT molecular complexity index is 1050. The average Bonchev–Trinajstić information content (AvgIpc) is 3.32. The molecule has 1 fully saturated rings. The van der Waals surface area contributed by atoms with Crippen molar-refractivity contribution < 1.29 is 0 Å². The Kier molecular flexibility index (Phi) is 3.87. The fourth-order valence-corrected chi connectivity index (χ4v) is 4.06. The molecule has 1 saturated heterocycles. The van der Waals surface area contributed by atoms with E-state index in [1.165, 1.54) is 17.7 Å². The van der Waals surface area contributed by atoms with Crippen molar-refractivity contribution in [1.29, 1.82) is 0 Å². The zero-order valence-corrected chi connectivity index (χ0v) is 14.6. The number of fused-ring (bicyclic) bond motifs is 2. The van der Waals surface area contributed by atoms with E-state index in [-0.39, 0.29) is 0 Å². The molecule has 1 unspecified atom stereocenters. The molecule has 0 N–H and O–H groups in total. The van der Waals surface area contributed by atoms with Gasteiger partial charge in [-0.1, -0.05) is 12.1 Å². The summed E-state index contributed by atoms with van der Waals surface area (Å²) in [5.74, 6) is 0.697. The van der Waals surface area contributed by atoms with Gasteiger partial charge >= 0.3 is 0 Å². The minimum Gasteiger partial charge on any atom is -0.304 e. The smallest absolute Gasteiger partial charge is 0.136 e. The van der Waals surface area contributed by atoms with Crippen LogP contribution in [-0.4, -0.2) is 37.3 Å². The van der Waals surface area contributed by atoms with Gasteiger partial charge in [0.15, 0.2) is 0 Å². The Balaban J connectivity index is 1.27. The van der Waals surface area contributed by atoms with Crippen LogP contribution in [0.5, 0.6) is 0 Å². The summed E-state index contributed by atoms with van der Waals surface area (Å²) in [6, 6.07) is 12.8. The van der Waals surface area contributed by atoms with Crippen LogP contribution < -0.4 is 0 Å². The molecule has 4 heterocycles. The summed E-state index contributed by atoms with van der Waals surface area (Å²) in [7, 11) is 0. The Morgan fingerprint density at radius 3 is 2.85 bits per heavy atom. The molecule has 1 aliphatic rings. The number of benzene rings is 1. The number of hydrogen-bond donors (Lipinski definition) is 0. The fraction of sp³-hybridized carbons (Fsp3) is 0.286. The Labute approximate surface area is 152 Å². The molecule has 5 nitrogen and oxygen atoms in total. The predicted molar refractivity (Wildman–Crippen MR) is 102 cm³/mol. The molecule has 0 radical (unpaired) electrons. The predicted octanol–water partition coefficient (Wildman–Crippen LogP) is 3.34. The summed E-state index contributed by atoms with van der Waals surface area (Å²) in [5.41, 5.74) is 5.65. The topological polar surface area (TPSA) is 46.3 Å². The lowest BCUT2D eigenvalue weighted by Gasteiger charge is -2.16. The fourth-order valence-electron chi connectivity index (χ4n) is 4.06. The first-order valence-electron chi connectivity index (χ1n) is 9.18. The third kappa shape index (κ3) is 2.95. The second-order valence-corrected chi connectivity index (χ2v) is 7.15. The highest BCUT2D eigenvalue weighted by molar-refractivity contribution is 5.74. The van der Waals surface area contributed by atoms with Crippen molar-refractivity contribution in [3.8, 4) is 0 Å². The molecule has 3 aromatic heterocycles. The van der Waals surface area contributed by atoms with Crippen molar-refractivity contribution in [2.24, 2.45) is 5.92 Å². The molecule has 0 saturated carbocycles. The Morgan fingerprint density at radius 2 is 1.88 bits per heavy atom. The van der Waals surface area contributed by atoms with Crippen molar-refractivity contribution in [3.05, 3.63) is 72.4 Å². The second kappa shape index (κ2) is 6.50. The van der Waals surface area contributed by atoms with E-state index in [1.807, 2.05) is 6.20 Å². The average molecular weight is 343 g/mol. The van der Waals surface area contributed by atoms with E-state index in [9.17, 15) is 0 Å². The quantitative estimate of drug-likeness (QED) is 0.570.